The highest BCUT2D eigenvalue weighted by Gasteiger charge is 2.22. The van der Waals surface area contributed by atoms with Gasteiger partial charge in [-0.15, -0.1) is 0 Å². The van der Waals surface area contributed by atoms with Gasteiger partial charge in [0.2, 0.25) is 0 Å². The topological polar surface area (TPSA) is 29.5 Å². The third-order valence-electron chi connectivity index (χ3n) is 3.67. The normalized spacial score (nSPS) is 19.6. The molecule has 0 aliphatic carbocycles. The summed E-state index contributed by atoms with van der Waals surface area (Å²) in [7, 11) is 1.45. The molecule has 2 rings (SSSR count). The SMILES string of the molecule is COC(=O)CCC1CCN(Cc2ccc(Cl)cc2)C1. The third kappa shape index (κ3) is 4.51. The lowest BCUT2D eigenvalue weighted by Gasteiger charge is -2.16. The lowest BCUT2D eigenvalue weighted by Crippen LogP contribution is -2.20. The van der Waals surface area contributed by atoms with E-state index >= 15 is 0 Å². The molecule has 1 fully saturated rings. The molecule has 1 aromatic carbocycles. The van der Waals surface area contributed by atoms with Crippen molar-refractivity contribution < 1.29 is 9.53 Å². The molecule has 1 atom stereocenters. The molecular weight excluding hydrogens is 262 g/mol. The largest absolute Gasteiger partial charge is 0.469 e. The van der Waals surface area contributed by atoms with E-state index in [1.807, 2.05) is 12.1 Å². The minimum atomic E-state index is -0.101. The van der Waals surface area contributed by atoms with Crippen molar-refractivity contribution in [2.45, 2.75) is 25.8 Å². The number of likely N-dealkylation sites (tertiary alicyclic amines) is 1. The van der Waals surface area contributed by atoms with E-state index in [9.17, 15) is 4.79 Å². The van der Waals surface area contributed by atoms with Crippen LogP contribution in [0.5, 0.6) is 0 Å². The second-order valence-electron chi connectivity index (χ2n) is 5.13. The molecule has 1 aromatic rings. The van der Waals surface area contributed by atoms with Crippen molar-refractivity contribution in [3.8, 4) is 0 Å². The van der Waals surface area contributed by atoms with Gasteiger partial charge in [-0.1, -0.05) is 23.7 Å². The second-order valence-corrected chi connectivity index (χ2v) is 5.57. The number of hydrogen-bond donors (Lipinski definition) is 0. The highest BCUT2D eigenvalue weighted by molar-refractivity contribution is 6.30. The van der Waals surface area contributed by atoms with Gasteiger partial charge in [-0.25, -0.2) is 0 Å². The van der Waals surface area contributed by atoms with Crippen LogP contribution in [-0.2, 0) is 16.1 Å². The minimum absolute atomic E-state index is 0.101. The summed E-state index contributed by atoms with van der Waals surface area (Å²) in [5.74, 6) is 0.516. The molecule has 0 aromatic heterocycles. The first-order chi connectivity index (χ1) is 9.17. The lowest BCUT2D eigenvalue weighted by atomic mass is 10.0. The Kier molecular flexibility index (Phi) is 5.23. The van der Waals surface area contributed by atoms with E-state index in [2.05, 4.69) is 21.8 Å². The van der Waals surface area contributed by atoms with Crippen LogP contribution in [0.25, 0.3) is 0 Å². The molecule has 0 amide bonds. The van der Waals surface area contributed by atoms with Crippen molar-refractivity contribution in [3.63, 3.8) is 0 Å². The first kappa shape index (κ1) is 14.4. The maximum Gasteiger partial charge on any atom is 0.305 e. The number of carbonyl (C=O) groups excluding carboxylic acids is 1. The second kappa shape index (κ2) is 6.92. The Labute approximate surface area is 119 Å². The average molecular weight is 282 g/mol. The van der Waals surface area contributed by atoms with Gasteiger partial charge in [0.25, 0.3) is 0 Å². The Morgan fingerprint density at radius 3 is 2.84 bits per heavy atom. The number of methoxy groups -OCH3 is 1. The molecule has 1 unspecified atom stereocenters. The number of halogens is 1. The van der Waals surface area contributed by atoms with Crippen LogP contribution in [-0.4, -0.2) is 31.1 Å². The average Bonchev–Trinajstić information content (AvgIpc) is 2.86. The van der Waals surface area contributed by atoms with Gasteiger partial charge in [-0.05, 0) is 43.0 Å². The third-order valence-corrected chi connectivity index (χ3v) is 3.93. The van der Waals surface area contributed by atoms with Crippen LogP contribution in [0, 0.1) is 5.92 Å². The highest BCUT2D eigenvalue weighted by Crippen LogP contribution is 2.23. The van der Waals surface area contributed by atoms with E-state index in [0.29, 0.717) is 12.3 Å². The maximum atomic E-state index is 11.1. The van der Waals surface area contributed by atoms with Gasteiger partial charge in [0.1, 0.15) is 0 Å². The molecule has 1 aliphatic rings. The zero-order chi connectivity index (χ0) is 13.7. The maximum absolute atomic E-state index is 11.1. The van der Waals surface area contributed by atoms with Crippen LogP contribution in [0.15, 0.2) is 24.3 Å². The number of rotatable bonds is 5. The number of carbonyl (C=O) groups is 1. The number of esters is 1. The fourth-order valence-corrected chi connectivity index (χ4v) is 2.69. The summed E-state index contributed by atoms with van der Waals surface area (Å²) in [5.41, 5.74) is 1.29. The molecule has 1 saturated heterocycles. The summed E-state index contributed by atoms with van der Waals surface area (Å²) >= 11 is 5.88. The van der Waals surface area contributed by atoms with E-state index in [1.54, 1.807) is 0 Å². The van der Waals surface area contributed by atoms with Crippen molar-refractivity contribution in [1.82, 2.24) is 4.90 Å². The fraction of sp³-hybridized carbons (Fsp3) is 0.533. The van der Waals surface area contributed by atoms with Crippen molar-refractivity contribution in [3.05, 3.63) is 34.9 Å². The molecule has 3 nitrogen and oxygen atoms in total. The van der Waals surface area contributed by atoms with E-state index in [4.69, 9.17) is 11.6 Å². The molecule has 0 saturated carbocycles. The van der Waals surface area contributed by atoms with Crippen LogP contribution in [0.4, 0.5) is 0 Å². The molecular formula is C15H20ClNO2. The molecule has 104 valence electrons. The smallest absolute Gasteiger partial charge is 0.305 e. The van der Waals surface area contributed by atoms with Crippen LogP contribution in [0.1, 0.15) is 24.8 Å². The fourth-order valence-electron chi connectivity index (χ4n) is 2.56. The number of hydrogen-bond acceptors (Lipinski definition) is 3. The van der Waals surface area contributed by atoms with Gasteiger partial charge in [0, 0.05) is 24.5 Å². The highest BCUT2D eigenvalue weighted by atomic mass is 35.5. The van der Waals surface area contributed by atoms with E-state index in [1.165, 1.54) is 19.1 Å². The Bertz CT molecular complexity index is 419. The van der Waals surface area contributed by atoms with Crippen molar-refractivity contribution in [2.24, 2.45) is 5.92 Å². The summed E-state index contributed by atoms with van der Waals surface area (Å²) in [5, 5.41) is 0.779. The summed E-state index contributed by atoms with van der Waals surface area (Å²) < 4.78 is 4.68. The zero-order valence-electron chi connectivity index (χ0n) is 11.3. The van der Waals surface area contributed by atoms with Crippen LogP contribution < -0.4 is 0 Å². The van der Waals surface area contributed by atoms with Gasteiger partial charge >= 0.3 is 5.97 Å². The van der Waals surface area contributed by atoms with Crippen LogP contribution >= 0.6 is 11.6 Å². The van der Waals surface area contributed by atoms with Crippen molar-refractivity contribution in [1.29, 1.82) is 0 Å². The molecule has 0 bridgehead atoms. The predicted octanol–water partition coefficient (Wildman–Crippen LogP) is 3.12. The van der Waals surface area contributed by atoms with Crippen molar-refractivity contribution >= 4 is 17.6 Å². The van der Waals surface area contributed by atoms with Gasteiger partial charge in [0.05, 0.1) is 7.11 Å². The number of nitrogens with zero attached hydrogens (tertiary/aromatic N) is 1. The summed E-state index contributed by atoms with van der Waals surface area (Å²) in [6.07, 6.45) is 2.64. The molecule has 0 radical (unpaired) electrons. The Balaban J connectivity index is 1.75. The van der Waals surface area contributed by atoms with Crippen LogP contribution in [0.3, 0.4) is 0 Å². The Hall–Kier alpha value is -1.06. The summed E-state index contributed by atoms with van der Waals surface area (Å²) in [6, 6.07) is 8.01. The number of ether oxygens (including phenoxy) is 1. The first-order valence-corrected chi connectivity index (χ1v) is 7.09. The molecule has 0 spiro atoms. The number of benzene rings is 1. The van der Waals surface area contributed by atoms with Gasteiger partial charge < -0.3 is 4.74 Å². The summed E-state index contributed by atoms with van der Waals surface area (Å²) in [6.45, 7) is 3.14. The Morgan fingerprint density at radius 1 is 1.42 bits per heavy atom. The standard InChI is InChI=1S/C15H20ClNO2/c1-19-15(18)7-4-13-8-9-17(11-13)10-12-2-5-14(16)6-3-12/h2-3,5-6,13H,4,7-11H2,1H3. The summed E-state index contributed by atoms with van der Waals surface area (Å²) in [4.78, 5) is 13.6. The van der Waals surface area contributed by atoms with Crippen molar-refractivity contribution in [2.75, 3.05) is 20.2 Å². The lowest BCUT2D eigenvalue weighted by molar-refractivity contribution is -0.140. The Morgan fingerprint density at radius 2 is 2.16 bits per heavy atom. The van der Waals surface area contributed by atoms with E-state index in [0.717, 1.165) is 31.1 Å². The predicted molar refractivity (Wildman–Crippen MR) is 76.1 cm³/mol. The monoisotopic (exact) mass is 281 g/mol. The molecule has 0 N–H and O–H groups in total. The first-order valence-electron chi connectivity index (χ1n) is 6.71. The van der Waals surface area contributed by atoms with E-state index in [-0.39, 0.29) is 5.97 Å². The minimum Gasteiger partial charge on any atom is -0.469 e. The van der Waals surface area contributed by atoms with Crippen LogP contribution in [0.2, 0.25) is 5.02 Å². The van der Waals surface area contributed by atoms with Gasteiger partial charge in [-0.3, -0.25) is 9.69 Å². The van der Waals surface area contributed by atoms with Gasteiger partial charge in [0.15, 0.2) is 0 Å². The molecule has 19 heavy (non-hydrogen) atoms. The molecule has 1 heterocycles. The quantitative estimate of drug-likeness (QED) is 0.777. The molecule has 1 aliphatic heterocycles. The van der Waals surface area contributed by atoms with Gasteiger partial charge in [-0.2, -0.15) is 0 Å². The zero-order valence-corrected chi connectivity index (χ0v) is 12.0. The molecule has 4 heteroatoms. The van der Waals surface area contributed by atoms with E-state index < -0.39 is 0 Å².